The summed E-state index contributed by atoms with van der Waals surface area (Å²) in [6, 6.07) is 5.96. The lowest BCUT2D eigenvalue weighted by Crippen LogP contribution is -2.11. The van der Waals surface area contributed by atoms with Gasteiger partial charge in [0.2, 0.25) is 0 Å². The van der Waals surface area contributed by atoms with Gasteiger partial charge in [-0.1, -0.05) is 17.7 Å². The van der Waals surface area contributed by atoms with Gasteiger partial charge in [-0.3, -0.25) is 4.21 Å². The Morgan fingerprint density at radius 2 is 2.08 bits per heavy atom. The van der Waals surface area contributed by atoms with Crippen molar-refractivity contribution >= 4 is 10.8 Å². The van der Waals surface area contributed by atoms with Crippen molar-refractivity contribution in [2.75, 3.05) is 12.3 Å². The Balaban J connectivity index is 2.95. The molecule has 1 unspecified atom stereocenters. The van der Waals surface area contributed by atoms with E-state index >= 15 is 0 Å². The molecule has 2 N–H and O–H groups in total. The molecule has 0 amide bonds. The molecule has 1 aromatic rings. The minimum atomic E-state index is -0.928. The van der Waals surface area contributed by atoms with Crippen LogP contribution in [0.1, 0.15) is 11.1 Å². The predicted octanol–water partition coefficient (Wildman–Crippen LogP) is 1.37. The van der Waals surface area contributed by atoms with Crippen LogP contribution >= 0.6 is 0 Å². The smallest absolute Gasteiger partial charge is 0.0544 e. The molecule has 72 valence electrons. The van der Waals surface area contributed by atoms with Crippen LogP contribution in [-0.4, -0.2) is 16.5 Å². The third kappa shape index (κ3) is 2.64. The highest BCUT2D eigenvalue weighted by atomic mass is 32.2. The minimum Gasteiger partial charge on any atom is -0.330 e. The van der Waals surface area contributed by atoms with Gasteiger partial charge in [-0.25, -0.2) is 0 Å². The topological polar surface area (TPSA) is 43.1 Å². The molecular formula is C10H15NOS. The average Bonchev–Trinajstić information content (AvgIpc) is 2.04. The van der Waals surface area contributed by atoms with Crippen LogP contribution < -0.4 is 5.73 Å². The fourth-order valence-electron chi connectivity index (χ4n) is 1.27. The minimum absolute atomic E-state index is 0.472. The number of nitrogens with two attached hydrogens (primary N) is 1. The van der Waals surface area contributed by atoms with Gasteiger partial charge in [-0.15, -0.1) is 0 Å². The molecule has 3 heteroatoms. The van der Waals surface area contributed by atoms with Crippen molar-refractivity contribution in [1.82, 2.24) is 0 Å². The molecule has 1 aromatic carbocycles. The van der Waals surface area contributed by atoms with Crippen molar-refractivity contribution < 1.29 is 4.21 Å². The molecule has 0 fully saturated rings. The van der Waals surface area contributed by atoms with Crippen molar-refractivity contribution in [2.45, 2.75) is 18.7 Å². The molecule has 0 heterocycles. The number of benzene rings is 1. The summed E-state index contributed by atoms with van der Waals surface area (Å²) in [4.78, 5) is 0.913. The van der Waals surface area contributed by atoms with E-state index in [4.69, 9.17) is 5.73 Å². The summed E-state index contributed by atoms with van der Waals surface area (Å²) in [6.07, 6.45) is 0. The van der Waals surface area contributed by atoms with Crippen LogP contribution in [-0.2, 0) is 10.8 Å². The van der Waals surface area contributed by atoms with Crippen LogP contribution in [0.3, 0.4) is 0 Å². The second-order valence-corrected chi connectivity index (χ2v) is 4.65. The Hall–Kier alpha value is -0.670. The Bertz CT molecular complexity index is 323. The zero-order chi connectivity index (χ0) is 9.84. The molecule has 0 spiro atoms. The van der Waals surface area contributed by atoms with Gasteiger partial charge < -0.3 is 5.73 Å². The largest absolute Gasteiger partial charge is 0.330 e. The number of hydrogen-bond acceptors (Lipinski definition) is 2. The number of hydrogen-bond donors (Lipinski definition) is 1. The van der Waals surface area contributed by atoms with Gasteiger partial charge >= 0.3 is 0 Å². The molecule has 13 heavy (non-hydrogen) atoms. The molecule has 0 saturated carbocycles. The number of aryl methyl sites for hydroxylation is 2. The molecule has 1 rings (SSSR count). The van der Waals surface area contributed by atoms with Crippen LogP contribution in [0.25, 0.3) is 0 Å². The van der Waals surface area contributed by atoms with E-state index in [2.05, 4.69) is 0 Å². The lowest BCUT2D eigenvalue weighted by atomic mass is 10.2. The highest BCUT2D eigenvalue weighted by Gasteiger charge is 2.05. The first-order valence-corrected chi connectivity index (χ1v) is 5.62. The molecule has 0 aliphatic rings. The van der Waals surface area contributed by atoms with E-state index in [1.165, 1.54) is 5.56 Å². The molecule has 1 atom stereocenters. The summed E-state index contributed by atoms with van der Waals surface area (Å²) < 4.78 is 11.6. The third-order valence-electron chi connectivity index (χ3n) is 1.88. The Labute approximate surface area is 81.6 Å². The fraction of sp³-hybridized carbons (Fsp3) is 0.400. The van der Waals surface area contributed by atoms with Crippen molar-refractivity contribution in [3.63, 3.8) is 0 Å². The highest BCUT2D eigenvalue weighted by molar-refractivity contribution is 7.85. The molecule has 2 nitrogen and oxygen atoms in total. The van der Waals surface area contributed by atoms with Gasteiger partial charge in [0.25, 0.3) is 0 Å². The third-order valence-corrected chi connectivity index (χ3v) is 3.43. The van der Waals surface area contributed by atoms with E-state index in [-0.39, 0.29) is 0 Å². The van der Waals surface area contributed by atoms with Gasteiger partial charge in [-0.05, 0) is 25.5 Å². The second kappa shape index (κ2) is 4.53. The summed E-state index contributed by atoms with van der Waals surface area (Å²) in [7, 11) is -0.928. The van der Waals surface area contributed by atoms with Crippen LogP contribution in [0.15, 0.2) is 23.1 Å². The van der Waals surface area contributed by atoms with Gasteiger partial charge in [0.05, 0.1) is 10.8 Å². The van der Waals surface area contributed by atoms with Gasteiger partial charge in [-0.2, -0.15) is 0 Å². The van der Waals surface area contributed by atoms with E-state index in [9.17, 15) is 4.21 Å². The Morgan fingerprint density at radius 3 is 2.62 bits per heavy atom. The maximum Gasteiger partial charge on any atom is 0.0544 e. The summed E-state index contributed by atoms with van der Waals surface area (Å²) in [5.74, 6) is 0.546. The monoisotopic (exact) mass is 197 g/mol. The molecule has 0 bridgehead atoms. The lowest BCUT2D eigenvalue weighted by molar-refractivity contribution is 0.682. The van der Waals surface area contributed by atoms with E-state index < -0.39 is 10.8 Å². The van der Waals surface area contributed by atoms with Crippen LogP contribution in [0, 0.1) is 13.8 Å². The summed E-state index contributed by atoms with van der Waals surface area (Å²) in [5, 5.41) is 0. The van der Waals surface area contributed by atoms with E-state index in [1.54, 1.807) is 0 Å². The SMILES string of the molecule is Cc1ccc(S(=O)CCN)c(C)c1. The zero-order valence-electron chi connectivity index (χ0n) is 8.04. The Kier molecular flexibility index (Phi) is 3.63. The molecular weight excluding hydrogens is 182 g/mol. The summed E-state index contributed by atoms with van der Waals surface area (Å²) >= 11 is 0. The fourth-order valence-corrected chi connectivity index (χ4v) is 2.34. The van der Waals surface area contributed by atoms with Crippen molar-refractivity contribution in [2.24, 2.45) is 5.73 Å². The molecule has 0 saturated heterocycles. The maximum atomic E-state index is 11.6. The van der Waals surface area contributed by atoms with Gasteiger partial charge in [0, 0.05) is 17.2 Å². The molecule has 0 aliphatic carbocycles. The Morgan fingerprint density at radius 1 is 1.38 bits per heavy atom. The van der Waals surface area contributed by atoms with E-state index in [0.717, 1.165) is 10.5 Å². The van der Waals surface area contributed by atoms with Crippen LogP contribution in [0.4, 0.5) is 0 Å². The molecule has 0 aromatic heterocycles. The highest BCUT2D eigenvalue weighted by Crippen LogP contribution is 2.14. The number of rotatable bonds is 3. The molecule has 0 radical (unpaired) electrons. The average molecular weight is 197 g/mol. The first-order valence-electron chi connectivity index (χ1n) is 4.31. The lowest BCUT2D eigenvalue weighted by Gasteiger charge is -2.05. The standard InChI is InChI=1S/C10H15NOS/c1-8-3-4-10(9(2)7-8)13(12)6-5-11/h3-4,7H,5-6,11H2,1-2H3. The van der Waals surface area contributed by atoms with Gasteiger partial charge in [0.15, 0.2) is 0 Å². The second-order valence-electron chi connectivity index (χ2n) is 3.11. The van der Waals surface area contributed by atoms with E-state index in [0.29, 0.717) is 12.3 Å². The summed E-state index contributed by atoms with van der Waals surface area (Å²) in [6.45, 7) is 4.49. The van der Waals surface area contributed by atoms with Crippen LogP contribution in [0.2, 0.25) is 0 Å². The quantitative estimate of drug-likeness (QED) is 0.795. The first kappa shape index (κ1) is 10.4. The normalized spacial score (nSPS) is 12.8. The molecule has 0 aliphatic heterocycles. The van der Waals surface area contributed by atoms with E-state index in [1.807, 2.05) is 32.0 Å². The zero-order valence-corrected chi connectivity index (χ0v) is 8.86. The van der Waals surface area contributed by atoms with Gasteiger partial charge in [0.1, 0.15) is 0 Å². The van der Waals surface area contributed by atoms with Crippen molar-refractivity contribution in [3.05, 3.63) is 29.3 Å². The summed E-state index contributed by atoms with van der Waals surface area (Å²) in [5.41, 5.74) is 7.64. The predicted molar refractivity (Wildman–Crippen MR) is 56.2 cm³/mol. The van der Waals surface area contributed by atoms with Crippen molar-refractivity contribution in [3.8, 4) is 0 Å². The first-order chi connectivity index (χ1) is 6.15. The maximum absolute atomic E-state index is 11.6. The van der Waals surface area contributed by atoms with Crippen LogP contribution in [0.5, 0.6) is 0 Å². The van der Waals surface area contributed by atoms with Crippen molar-refractivity contribution in [1.29, 1.82) is 0 Å².